The van der Waals surface area contributed by atoms with Crippen LogP contribution in [0.3, 0.4) is 0 Å². The number of hydrogen-bond acceptors (Lipinski definition) is 4. The van der Waals surface area contributed by atoms with Crippen LogP contribution in [0.25, 0.3) is 21.9 Å². The molecule has 0 radical (unpaired) electrons. The molecule has 1 fully saturated rings. The monoisotopic (exact) mass is 434 g/mol. The SMILES string of the molecule is Cc1ccc(S(=O)(=O)N2CCCC2)cc1C(=O)Nc1ccc2oc3ccccc3c2c1. The highest BCUT2D eigenvalue weighted by atomic mass is 32.2. The molecule has 158 valence electrons. The summed E-state index contributed by atoms with van der Waals surface area (Å²) in [6.45, 7) is 2.85. The van der Waals surface area contributed by atoms with Crippen LogP contribution in [-0.4, -0.2) is 31.7 Å². The van der Waals surface area contributed by atoms with E-state index in [2.05, 4.69) is 5.32 Å². The van der Waals surface area contributed by atoms with Crippen molar-refractivity contribution in [2.45, 2.75) is 24.7 Å². The van der Waals surface area contributed by atoms with Crippen molar-refractivity contribution in [2.75, 3.05) is 18.4 Å². The summed E-state index contributed by atoms with van der Waals surface area (Å²) in [7, 11) is -3.59. The van der Waals surface area contributed by atoms with Gasteiger partial charge >= 0.3 is 0 Å². The predicted molar refractivity (Wildman–Crippen MR) is 121 cm³/mol. The van der Waals surface area contributed by atoms with Crippen LogP contribution in [-0.2, 0) is 10.0 Å². The second kappa shape index (κ2) is 7.51. The fraction of sp³-hybridized carbons (Fsp3) is 0.208. The van der Waals surface area contributed by atoms with Crippen molar-refractivity contribution in [2.24, 2.45) is 0 Å². The highest BCUT2D eigenvalue weighted by Crippen LogP contribution is 2.31. The Kier molecular flexibility index (Phi) is 4.79. The van der Waals surface area contributed by atoms with E-state index in [0.29, 0.717) is 29.9 Å². The summed E-state index contributed by atoms with van der Waals surface area (Å²) >= 11 is 0. The van der Waals surface area contributed by atoms with Gasteiger partial charge in [0.15, 0.2) is 0 Å². The van der Waals surface area contributed by atoms with E-state index in [-0.39, 0.29) is 10.8 Å². The highest BCUT2D eigenvalue weighted by molar-refractivity contribution is 7.89. The third kappa shape index (κ3) is 3.49. The van der Waals surface area contributed by atoms with E-state index < -0.39 is 10.0 Å². The van der Waals surface area contributed by atoms with Crippen LogP contribution in [0.5, 0.6) is 0 Å². The molecule has 0 saturated carbocycles. The molecule has 1 N–H and O–H groups in total. The zero-order chi connectivity index (χ0) is 21.6. The van der Waals surface area contributed by atoms with Gasteiger partial charge in [0.25, 0.3) is 5.91 Å². The molecule has 4 aromatic rings. The number of aryl methyl sites for hydroxylation is 1. The Labute approximate surface area is 180 Å². The number of sulfonamides is 1. The molecule has 3 aromatic carbocycles. The Morgan fingerprint density at radius 1 is 0.935 bits per heavy atom. The highest BCUT2D eigenvalue weighted by Gasteiger charge is 2.28. The van der Waals surface area contributed by atoms with Crippen molar-refractivity contribution in [3.8, 4) is 0 Å². The number of nitrogens with zero attached hydrogens (tertiary/aromatic N) is 1. The lowest BCUT2D eigenvalue weighted by Crippen LogP contribution is -2.28. The molecule has 31 heavy (non-hydrogen) atoms. The summed E-state index contributed by atoms with van der Waals surface area (Å²) in [6.07, 6.45) is 1.73. The Morgan fingerprint density at radius 2 is 1.68 bits per heavy atom. The van der Waals surface area contributed by atoms with Crippen molar-refractivity contribution in [3.63, 3.8) is 0 Å². The average Bonchev–Trinajstić information content (AvgIpc) is 3.42. The standard InChI is InChI=1S/C24H22N2O4S/c1-16-8-10-18(31(28,29)26-12-4-5-13-26)15-20(16)24(27)25-17-9-11-23-21(14-17)19-6-2-3-7-22(19)30-23/h2-3,6-11,14-15H,4-5,12-13H2,1H3,(H,25,27). The van der Waals surface area contributed by atoms with Crippen LogP contribution in [0.2, 0.25) is 0 Å². The van der Waals surface area contributed by atoms with Crippen LogP contribution in [0, 0.1) is 6.92 Å². The number of carbonyl (C=O) groups excluding carboxylic acids is 1. The zero-order valence-corrected chi connectivity index (χ0v) is 17.9. The van der Waals surface area contributed by atoms with Gasteiger partial charge in [0.1, 0.15) is 11.2 Å². The molecule has 0 aliphatic carbocycles. The lowest BCUT2D eigenvalue weighted by Gasteiger charge is -2.17. The third-order valence-electron chi connectivity index (χ3n) is 5.79. The smallest absolute Gasteiger partial charge is 0.255 e. The van der Waals surface area contributed by atoms with Gasteiger partial charge < -0.3 is 9.73 Å². The van der Waals surface area contributed by atoms with Gasteiger partial charge in [-0.1, -0.05) is 24.3 Å². The average molecular weight is 435 g/mol. The van der Waals surface area contributed by atoms with Crippen molar-refractivity contribution >= 4 is 43.6 Å². The zero-order valence-electron chi connectivity index (χ0n) is 17.1. The summed E-state index contributed by atoms with van der Waals surface area (Å²) in [5, 5.41) is 4.79. The molecular formula is C24H22N2O4S. The maximum absolute atomic E-state index is 13.0. The summed E-state index contributed by atoms with van der Waals surface area (Å²) in [4.78, 5) is 13.2. The molecule has 1 amide bonds. The number of para-hydroxylation sites is 1. The summed E-state index contributed by atoms with van der Waals surface area (Å²) < 4.78 is 33.1. The Hall–Kier alpha value is -3.16. The third-order valence-corrected chi connectivity index (χ3v) is 7.69. The van der Waals surface area contributed by atoms with Gasteiger partial charge in [-0.25, -0.2) is 8.42 Å². The first kappa shape index (κ1) is 19.8. The molecule has 5 rings (SSSR count). The summed E-state index contributed by atoms with van der Waals surface area (Å²) in [5.41, 5.74) is 3.21. The van der Waals surface area contributed by atoms with Gasteiger partial charge in [0.05, 0.1) is 4.90 Å². The minimum Gasteiger partial charge on any atom is -0.456 e. The van der Waals surface area contributed by atoms with Crippen LogP contribution < -0.4 is 5.32 Å². The number of anilines is 1. The van der Waals surface area contributed by atoms with Crippen molar-refractivity contribution < 1.29 is 17.6 Å². The normalized spacial score (nSPS) is 15.0. The molecule has 0 spiro atoms. The van der Waals surface area contributed by atoms with E-state index in [1.54, 1.807) is 25.1 Å². The minimum absolute atomic E-state index is 0.154. The van der Waals surface area contributed by atoms with Gasteiger partial charge in [-0.2, -0.15) is 4.31 Å². The molecule has 7 heteroatoms. The Bertz CT molecular complexity index is 1420. The summed E-state index contributed by atoms with van der Waals surface area (Å²) in [6, 6.07) is 18.0. The van der Waals surface area contributed by atoms with Gasteiger partial charge in [0, 0.05) is 35.1 Å². The first-order valence-electron chi connectivity index (χ1n) is 10.3. The number of furan rings is 1. The van der Waals surface area contributed by atoms with Crippen LogP contribution in [0.4, 0.5) is 5.69 Å². The van der Waals surface area contributed by atoms with E-state index in [0.717, 1.165) is 34.8 Å². The molecule has 1 aliphatic heterocycles. The first-order chi connectivity index (χ1) is 14.9. The molecule has 2 heterocycles. The Morgan fingerprint density at radius 3 is 2.48 bits per heavy atom. The predicted octanol–water partition coefficient (Wildman–Crippen LogP) is 4.93. The fourth-order valence-corrected chi connectivity index (χ4v) is 5.63. The van der Waals surface area contributed by atoms with Crippen molar-refractivity contribution in [3.05, 3.63) is 71.8 Å². The molecule has 1 aliphatic rings. The van der Waals surface area contributed by atoms with Crippen LogP contribution in [0.15, 0.2) is 70.0 Å². The lowest BCUT2D eigenvalue weighted by atomic mass is 10.1. The second-order valence-corrected chi connectivity index (χ2v) is 9.79. The van der Waals surface area contributed by atoms with Crippen LogP contribution >= 0.6 is 0 Å². The molecule has 1 aromatic heterocycles. The molecule has 0 atom stereocenters. The second-order valence-electron chi connectivity index (χ2n) is 7.85. The number of rotatable bonds is 4. The molecular weight excluding hydrogens is 412 g/mol. The minimum atomic E-state index is -3.59. The van der Waals surface area contributed by atoms with E-state index in [9.17, 15) is 13.2 Å². The molecule has 0 unspecified atom stereocenters. The molecule has 6 nitrogen and oxygen atoms in total. The Balaban J connectivity index is 1.47. The van der Waals surface area contributed by atoms with Gasteiger partial charge in [-0.05, 0) is 61.7 Å². The van der Waals surface area contributed by atoms with Crippen molar-refractivity contribution in [1.29, 1.82) is 0 Å². The van der Waals surface area contributed by atoms with Crippen LogP contribution in [0.1, 0.15) is 28.8 Å². The van der Waals surface area contributed by atoms with E-state index >= 15 is 0 Å². The topological polar surface area (TPSA) is 79.6 Å². The molecule has 1 saturated heterocycles. The van der Waals surface area contributed by atoms with E-state index in [1.165, 1.54) is 10.4 Å². The van der Waals surface area contributed by atoms with Gasteiger partial charge in [-0.15, -0.1) is 0 Å². The number of nitrogens with one attached hydrogen (secondary N) is 1. The largest absolute Gasteiger partial charge is 0.456 e. The summed E-state index contributed by atoms with van der Waals surface area (Å²) in [5.74, 6) is -0.344. The van der Waals surface area contributed by atoms with Crippen molar-refractivity contribution in [1.82, 2.24) is 4.31 Å². The molecule has 0 bridgehead atoms. The maximum Gasteiger partial charge on any atom is 0.255 e. The number of carbonyl (C=O) groups is 1. The number of amides is 1. The van der Waals surface area contributed by atoms with E-state index in [1.807, 2.05) is 36.4 Å². The maximum atomic E-state index is 13.0. The van der Waals surface area contributed by atoms with E-state index in [4.69, 9.17) is 4.42 Å². The lowest BCUT2D eigenvalue weighted by molar-refractivity contribution is 0.102. The van der Waals surface area contributed by atoms with Gasteiger partial charge in [0.2, 0.25) is 10.0 Å². The fourth-order valence-electron chi connectivity index (χ4n) is 4.09. The number of hydrogen-bond donors (Lipinski definition) is 1. The first-order valence-corrected chi connectivity index (χ1v) is 11.7. The number of fused-ring (bicyclic) bond motifs is 3. The number of benzene rings is 3. The quantitative estimate of drug-likeness (QED) is 0.494. The van der Waals surface area contributed by atoms with Gasteiger partial charge in [-0.3, -0.25) is 4.79 Å².